The van der Waals surface area contributed by atoms with E-state index in [1.807, 2.05) is 50.2 Å². The third-order valence-electron chi connectivity index (χ3n) is 9.08. The molecule has 0 aliphatic heterocycles. The first-order valence-corrected chi connectivity index (χ1v) is 19.0. The molecule has 1 saturated carbocycles. The zero-order valence-electron chi connectivity index (χ0n) is 29.2. The van der Waals surface area contributed by atoms with E-state index in [1.54, 1.807) is 30.3 Å². The van der Waals surface area contributed by atoms with Crippen LogP contribution in [-0.4, -0.2) is 58.0 Å². The van der Waals surface area contributed by atoms with E-state index in [2.05, 4.69) is 5.32 Å². The molecule has 2 amide bonds. The van der Waals surface area contributed by atoms with E-state index >= 15 is 0 Å². The summed E-state index contributed by atoms with van der Waals surface area (Å²) < 4.78 is 41.1. The van der Waals surface area contributed by atoms with Gasteiger partial charge in [0.25, 0.3) is 10.0 Å². The molecule has 1 aliphatic carbocycles. The molecule has 4 aromatic carbocycles. The predicted octanol–water partition coefficient (Wildman–Crippen LogP) is 7.52. The zero-order valence-corrected chi connectivity index (χ0v) is 31.5. The first-order chi connectivity index (χ1) is 24.4. The number of sulfonamides is 1. The summed E-state index contributed by atoms with van der Waals surface area (Å²) in [5, 5.41) is 3.81. The predicted molar refractivity (Wildman–Crippen MR) is 201 cm³/mol. The van der Waals surface area contributed by atoms with Gasteiger partial charge in [-0.2, -0.15) is 0 Å². The Labute approximate surface area is 310 Å². The number of rotatable bonds is 14. The molecule has 12 heteroatoms. The van der Waals surface area contributed by atoms with Crippen LogP contribution in [0.25, 0.3) is 0 Å². The lowest BCUT2D eigenvalue weighted by Gasteiger charge is -2.35. The standard InChI is InChI=1S/C39H43Cl2N3O6S/c1-26-19-27(2)21-30(20-26)44(51(47,48)31-17-18-36(49-3)37(23-31)50-4)25-38(45)43(24-32-33(40)15-10-16-34(32)41)35(22-28-11-6-5-7-12-28)39(46)42-29-13-8-9-14-29/h5-7,10-12,15-21,23,29,35H,8-9,13-14,22,24-25H2,1-4H3,(H,42,46)/t35-/m0/s1. The van der Waals surface area contributed by atoms with Gasteiger partial charge in [0.05, 0.1) is 24.8 Å². The number of carbonyl (C=O) groups excluding carboxylic acids is 2. The van der Waals surface area contributed by atoms with Crippen molar-refractivity contribution in [1.29, 1.82) is 0 Å². The van der Waals surface area contributed by atoms with Crippen molar-refractivity contribution in [3.63, 3.8) is 0 Å². The molecule has 1 fully saturated rings. The van der Waals surface area contributed by atoms with Crippen molar-refractivity contribution in [2.45, 2.75) is 69.5 Å². The fourth-order valence-electron chi connectivity index (χ4n) is 6.50. The van der Waals surface area contributed by atoms with E-state index < -0.39 is 28.5 Å². The van der Waals surface area contributed by atoms with Crippen LogP contribution >= 0.6 is 23.2 Å². The van der Waals surface area contributed by atoms with Crippen LogP contribution in [0.4, 0.5) is 5.69 Å². The van der Waals surface area contributed by atoms with E-state index in [4.69, 9.17) is 32.7 Å². The van der Waals surface area contributed by atoms with Gasteiger partial charge in [-0.1, -0.05) is 78.5 Å². The molecule has 0 radical (unpaired) electrons. The highest BCUT2D eigenvalue weighted by molar-refractivity contribution is 7.92. The molecule has 0 unspecified atom stereocenters. The van der Waals surface area contributed by atoms with Crippen LogP contribution in [0.15, 0.2) is 89.8 Å². The van der Waals surface area contributed by atoms with E-state index in [9.17, 15) is 18.0 Å². The monoisotopic (exact) mass is 751 g/mol. The quantitative estimate of drug-likeness (QED) is 0.143. The molecule has 0 aromatic heterocycles. The van der Waals surface area contributed by atoms with Gasteiger partial charge in [-0.15, -0.1) is 0 Å². The maximum atomic E-state index is 14.9. The maximum Gasteiger partial charge on any atom is 0.264 e. The van der Waals surface area contributed by atoms with Crippen LogP contribution in [0.2, 0.25) is 10.0 Å². The van der Waals surface area contributed by atoms with Crippen LogP contribution in [-0.2, 0) is 32.6 Å². The van der Waals surface area contributed by atoms with Crippen molar-refractivity contribution >= 4 is 50.7 Å². The van der Waals surface area contributed by atoms with Gasteiger partial charge in [0.2, 0.25) is 11.8 Å². The molecule has 4 aromatic rings. The van der Waals surface area contributed by atoms with Crippen LogP contribution in [0.5, 0.6) is 11.5 Å². The number of ether oxygens (including phenoxy) is 2. The number of aryl methyl sites for hydroxylation is 2. The maximum absolute atomic E-state index is 14.9. The summed E-state index contributed by atoms with van der Waals surface area (Å²) in [5.41, 5.74) is 3.18. The van der Waals surface area contributed by atoms with Gasteiger partial charge in [0.1, 0.15) is 12.6 Å². The summed E-state index contributed by atoms with van der Waals surface area (Å²) in [7, 11) is -1.51. The molecule has 9 nitrogen and oxygen atoms in total. The summed E-state index contributed by atoms with van der Waals surface area (Å²) >= 11 is 13.3. The highest BCUT2D eigenvalue weighted by Crippen LogP contribution is 2.34. The van der Waals surface area contributed by atoms with Gasteiger partial charge < -0.3 is 19.7 Å². The largest absolute Gasteiger partial charge is 0.493 e. The fraction of sp³-hybridized carbons (Fsp3) is 0.333. The number of nitrogens with one attached hydrogen (secondary N) is 1. The van der Waals surface area contributed by atoms with Crippen molar-refractivity contribution in [3.8, 4) is 11.5 Å². The lowest BCUT2D eigenvalue weighted by atomic mass is 10.0. The summed E-state index contributed by atoms with van der Waals surface area (Å²) in [6.07, 6.45) is 3.88. The van der Waals surface area contributed by atoms with Crippen molar-refractivity contribution in [2.75, 3.05) is 25.1 Å². The van der Waals surface area contributed by atoms with Crippen molar-refractivity contribution in [3.05, 3.63) is 117 Å². The van der Waals surface area contributed by atoms with E-state index in [0.29, 0.717) is 27.0 Å². The second-order valence-electron chi connectivity index (χ2n) is 12.8. The fourth-order valence-corrected chi connectivity index (χ4v) is 8.43. The molecule has 0 spiro atoms. The van der Waals surface area contributed by atoms with Gasteiger partial charge in [0.15, 0.2) is 11.5 Å². The Morgan fingerprint density at radius 1 is 0.843 bits per heavy atom. The van der Waals surface area contributed by atoms with Crippen LogP contribution in [0.3, 0.4) is 0 Å². The number of amides is 2. The van der Waals surface area contributed by atoms with Gasteiger partial charge in [-0.25, -0.2) is 8.42 Å². The minimum Gasteiger partial charge on any atom is -0.493 e. The first-order valence-electron chi connectivity index (χ1n) is 16.8. The van der Waals surface area contributed by atoms with Crippen LogP contribution < -0.4 is 19.1 Å². The second-order valence-corrected chi connectivity index (χ2v) is 15.5. The number of hydrogen-bond acceptors (Lipinski definition) is 6. The number of benzene rings is 4. The van der Waals surface area contributed by atoms with E-state index in [0.717, 1.165) is 46.7 Å². The van der Waals surface area contributed by atoms with Crippen molar-refractivity contribution in [2.24, 2.45) is 0 Å². The minimum atomic E-state index is -4.39. The summed E-state index contributed by atoms with van der Waals surface area (Å²) in [5.74, 6) is -0.378. The number of halogens is 2. The topological polar surface area (TPSA) is 105 Å². The summed E-state index contributed by atoms with van der Waals surface area (Å²) in [6, 6.07) is 23.0. The van der Waals surface area contributed by atoms with Gasteiger partial charge in [-0.05, 0) is 79.8 Å². The number of hydrogen-bond donors (Lipinski definition) is 1. The SMILES string of the molecule is COc1ccc(S(=O)(=O)N(CC(=O)N(Cc2c(Cl)cccc2Cl)[C@@H](Cc2ccccc2)C(=O)NC2CCCC2)c2cc(C)cc(C)c2)cc1OC. The highest BCUT2D eigenvalue weighted by atomic mass is 35.5. The molecule has 270 valence electrons. The van der Waals surface area contributed by atoms with E-state index in [-0.39, 0.29) is 35.6 Å². The van der Waals surface area contributed by atoms with Gasteiger partial charge in [-0.3, -0.25) is 13.9 Å². The smallest absolute Gasteiger partial charge is 0.264 e. The molecule has 1 atom stereocenters. The number of carbonyl (C=O) groups is 2. The third-order valence-corrected chi connectivity index (χ3v) is 11.6. The lowest BCUT2D eigenvalue weighted by molar-refractivity contribution is -0.140. The molecule has 51 heavy (non-hydrogen) atoms. The molecule has 0 heterocycles. The zero-order chi connectivity index (χ0) is 36.7. The first kappa shape index (κ1) is 38.0. The average Bonchev–Trinajstić information content (AvgIpc) is 3.62. The Bertz CT molecular complexity index is 1930. The van der Waals surface area contributed by atoms with Gasteiger partial charge in [0, 0.05) is 40.7 Å². The number of nitrogens with zero attached hydrogens (tertiary/aromatic N) is 2. The van der Waals surface area contributed by atoms with Crippen molar-refractivity contribution < 1.29 is 27.5 Å². The third kappa shape index (κ3) is 9.16. The van der Waals surface area contributed by atoms with Crippen LogP contribution in [0, 0.1) is 13.8 Å². The van der Waals surface area contributed by atoms with E-state index in [1.165, 1.54) is 37.3 Å². The Kier molecular flexibility index (Phi) is 12.5. The second kappa shape index (κ2) is 16.8. The Morgan fingerprint density at radius 3 is 2.08 bits per heavy atom. The lowest BCUT2D eigenvalue weighted by Crippen LogP contribution is -2.54. The molecular weight excluding hydrogens is 709 g/mol. The Morgan fingerprint density at radius 2 is 1.47 bits per heavy atom. The molecule has 5 rings (SSSR count). The van der Waals surface area contributed by atoms with Crippen LogP contribution in [0.1, 0.15) is 47.9 Å². The molecule has 1 aliphatic rings. The van der Waals surface area contributed by atoms with Gasteiger partial charge >= 0.3 is 0 Å². The average molecular weight is 753 g/mol. The molecule has 1 N–H and O–H groups in total. The Balaban J connectivity index is 1.63. The summed E-state index contributed by atoms with van der Waals surface area (Å²) in [4.78, 5) is 30.5. The van der Waals surface area contributed by atoms with Crippen molar-refractivity contribution in [1.82, 2.24) is 10.2 Å². The number of anilines is 1. The minimum absolute atomic E-state index is 0.0196. The molecule has 0 saturated heterocycles. The Hall–Kier alpha value is -4.25. The molecule has 0 bridgehead atoms. The molecular formula is C39H43Cl2N3O6S. The normalized spacial score (nSPS) is 13.8. The number of methoxy groups -OCH3 is 2. The highest BCUT2D eigenvalue weighted by Gasteiger charge is 2.36. The summed E-state index contributed by atoms with van der Waals surface area (Å²) in [6.45, 7) is 2.95.